The zero-order valence-electron chi connectivity index (χ0n) is 48.7. The van der Waals surface area contributed by atoms with E-state index >= 15 is 0 Å². The molecule has 0 aliphatic carbocycles. The van der Waals surface area contributed by atoms with Crippen LogP contribution < -0.4 is 88.0 Å². The summed E-state index contributed by atoms with van der Waals surface area (Å²) in [5.74, 6) is -12.4. The average molecular weight is 1190 g/mol. The van der Waals surface area contributed by atoms with Gasteiger partial charge >= 0.3 is 11.9 Å². The first-order chi connectivity index (χ1) is 39.3. The third-order valence-corrected chi connectivity index (χ3v) is 12.2. The van der Waals surface area contributed by atoms with E-state index < -0.39 is 138 Å². The number of aromatic nitrogens is 2. The lowest BCUT2D eigenvalue weighted by atomic mass is 9.99. The highest BCUT2D eigenvalue weighted by atomic mass is 16.4. The second kappa shape index (κ2) is 38.0. The maximum absolute atomic E-state index is 14.3. The van der Waals surface area contributed by atoms with Crippen LogP contribution in [-0.4, -0.2) is 184 Å². The predicted octanol–water partition coefficient (Wildman–Crippen LogP) is -6.24. The number of aromatic amines is 1. The van der Waals surface area contributed by atoms with Crippen molar-refractivity contribution in [2.45, 2.75) is 167 Å². The first kappa shape index (κ1) is 73.2. The SMILES string of the molecule is CC(C)C[C@H](NC(=O)CNC(=O)[C@H](CC(C)C)NC(=O)[C@@H](NC(=O)[C@H](Cc1cnc[nH]1)NC(=O)[C@H](CC(=O)O)NC(=O)[C@H](CCCN=C(N)N)NC(=O)[C@@H](N)CCCN=C(N)N)C(C)C)C(=O)N[C@@H](C)C(=O)N[C@@H](CCCN=C(N)N)C(=O)O. The van der Waals surface area contributed by atoms with E-state index in [9.17, 15) is 63.0 Å². The molecule has 0 unspecified atom stereocenters. The number of H-pyrrole nitrogens is 1. The van der Waals surface area contributed by atoms with Gasteiger partial charge in [-0.3, -0.25) is 62.9 Å². The van der Waals surface area contributed by atoms with Gasteiger partial charge in [-0.1, -0.05) is 41.5 Å². The van der Waals surface area contributed by atoms with E-state index in [0.29, 0.717) is 12.1 Å². The molecule has 0 bridgehead atoms. The van der Waals surface area contributed by atoms with Crippen molar-refractivity contribution in [2.24, 2.45) is 72.9 Å². The highest BCUT2D eigenvalue weighted by Gasteiger charge is 2.36. The summed E-state index contributed by atoms with van der Waals surface area (Å²) in [5, 5.41) is 41.9. The number of imidazole rings is 1. The summed E-state index contributed by atoms with van der Waals surface area (Å²) >= 11 is 0. The van der Waals surface area contributed by atoms with Crippen molar-refractivity contribution in [2.75, 3.05) is 26.2 Å². The Morgan fingerprint density at radius 2 is 0.976 bits per heavy atom. The van der Waals surface area contributed by atoms with Gasteiger partial charge in [-0.15, -0.1) is 0 Å². The van der Waals surface area contributed by atoms with Gasteiger partial charge in [-0.25, -0.2) is 9.78 Å². The number of hydrogen-bond acceptors (Lipinski definition) is 16. The van der Waals surface area contributed by atoms with Crippen molar-refractivity contribution in [3.8, 4) is 0 Å². The molecule has 0 aromatic carbocycles. The van der Waals surface area contributed by atoms with Crippen molar-refractivity contribution in [1.82, 2.24) is 57.8 Å². The van der Waals surface area contributed by atoms with Gasteiger partial charge in [-0.2, -0.15) is 0 Å². The molecule has 84 heavy (non-hydrogen) atoms. The van der Waals surface area contributed by atoms with Crippen LogP contribution in [0.25, 0.3) is 0 Å². The van der Waals surface area contributed by atoms with Crippen LogP contribution in [0.15, 0.2) is 27.5 Å². The van der Waals surface area contributed by atoms with Gasteiger partial charge in [0.1, 0.15) is 48.3 Å². The number of amides is 9. The lowest BCUT2D eigenvalue weighted by molar-refractivity contribution is -0.142. The summed E-state index contributed by atoms with van der Waals surface area (Å²) in [6.45, 7) is 11.2. The standard InChI is InChI=1S/C50H89N21O13/c1-24(2)17-32(41(77)62-22-36(72)65-33(18-25(3)4)43(79)64-27(7)39(75)67-31(47(83)84)13-10-16-61-50(56)57)70-46(82)38(26(5)6)71-45(81)34(19-28-21-58-23-63-28)68-44(80)35(20-37(73)74)69-42(78)30(12-9-15-60-49(54)55)66-40(76)29(51)11-8-14-59-48(52)53/h21,23-27,29-35,38H,8-20,22,51H2,1-7H3,(H,58,63)(H,62,77)(H,64,79)(H,65,72)(H,66,76)(H,67,75)(H,68,80)(H,69,78)(H,70,82)(H,71,81)(H,73,74)(H,83,84)(H4,52,53,59)(H4,54,55,60)(H4,56,57,61)/t27-,29-,30-,31-,32-,33-,34-,35-,38-/m0/s1. The molecule has 9 amide bonds. The maximum atomic E-state index is 14.3. The first-order valence-corrected chi connectivity index (χ1v) is 27.3. The van der Waals surface area contributed by atoms with Crippen molar-refractivity contribution < 1.29 is 63.0 Å². The summed E-state index contributed by atoms with van der Waals surface area (Å²) in [4.78, 5) is 165. The smallest absolute Gasteiger partial charge is 0.326 e. The van der Waals surface area contributed by atoms with Gasteiger partial charge < -0.3 is 103 Å². The minimum atomic E-state index is -1.85. The second-order valence-corrected chi connectivity index (χ2v) is 21.0. The van der Waals surface area contributed by atoms with E-state index in [-0.39, 0.29) is 101 Å². The third kappa shape index (κ3) is 30.3. The first-order valence-electron chi connectivity index (χ1n) is 27.3. The molecule has 0 aliphatic rings. The molecule has 0 fully saturated rings. The summed E-state index contributed by atoms with van der Waals surface area (Å²) in [6.07, 6.45) is 2.11. The molecule has 1 aromatic rings. The number of aliphatic imine (C=N–C) groups is 3. The molecule has 0 saturated heterocycles. The zero-order chi connectivity index (χ0) is 63.8. The molecule has 0 aliphatic heterocycles. The summed E-state index contributed by atoms with van der Waals surface area (Å²) in [7, 11) is 0. The predicted molar refractivity (Wildman–Crippen MR) is 308 cm³/mol. The van der Waals surface area contributed by atoms with Crippen molar-refractivity contribution in [1.29, 1.82) is 0 Å². The molecule has 472 valence electrons. The number of nitrogens with one attached hydrogen (secondary N) is 10. The number of nitrogens with two attached hydrogens (primary N) is 7. The molecule has 0 radical (unpaired) electrons. The molecule has 34 heteroatoms. The van der Waals surface area contributed by atoms with E-state index in [4.69, 9.17) is 40.1 Å². The van der Waals surface area contributed by atoms with Crippen LogP contribution in [0.3, 0.4) is 0 Å². The summed E-state index contributed by atoms with van der Waals surface area (Å²) in [6, 6.07) is -12.4. The van der Waals surface area contributed by atoms with Crippen LogP contribution in [0.2, 0.25) is 0 Å². The van der Waals surface area contributed by atoms with Crippen LogP contribution in [-0.2, 0) is 59.2 Å². The second-order valence-electron chi connectivity index (χ2n) is 21.0. The van der Waals surface area contributed by atoms with E-state index in [0.717, 1.165) is 0 Å². The summed E-state index contributed by atoms with van der Waals surface area (Å²) in [5.41, 5.74) is 38.5. The molecule has 0 saturated carbocycles. The normalized spacial score (nSPS) is 14.2. The van der Waals surface area contributed by atoms with Crippen LogP contribution in [0.4, 0.5) is 0 Å². The molecule has 34 nitrogen and oxygen atoms in total. The van der Waals surface area contributed by atoms with E-state index in [1.165, 1.54) is 19.4 Å². The highest BCUT2D eigenvalue weighted by molar-refractivity contribution is 5.99. The quantitative estimate of drug-likeness (QED) is 0.0165. The number of guanidine groups is 3. The lowest BCUT2D eigenvalue weighted by Crippen LogP contribution is -2.61. The van der Waals surface area contributed by atoms with Crippen molar-refractivity contribution >= 4 is 83.0 Å². The molecule has 0 spiro atoms. The molecule has 26 N–H and O–H groups in total. The number of carbonyl (C=O) groups excluding carboxylic acids is 9. The Morgan fingerprint density at radius 1 is 0.524 bits per heavy atom. The Hall–Kier alpha value is -8.85. The minimum Gasteiger partial charge on any atom is -0.481 e. The Bertz CT molecular complexity index is 2440. The number of aliphatic carboxylic acids is 2. The number of nitrogens with zero attached hydrogens (tertiary/aromatic N) is 4. The Morgan fingerprint density at radius 3 is 1.46 bits per heavy atom. The lowest BCUT2D eigenvalue weighted by Gasteiger charge is -2.28. The van der Waals surface area contributed by atoms with Gasteiger partial charge in [-0.05, 0) is 76.0 Å². The van der Waals surface area contributed by atoms with Gasteiger partial charge in [0.05, 0.1) is 25.3 Å². The Labute approximate surface area is 486 Å². The number of rotatable bonds is 40. The third-order valence-electron chi connectivity index (χ3n) is 12.2. The van der Waals surface area contributed by atoms with Gasteiger partial charge in [0.2, 0.25) is 53.2 Å². The number of hydrogen-bond donors (Lipinski definition) is 19. The fourth-order valence-electron chi connectivity index (χ4n) is 7.88. The van der Waals surface area contributed by atoms with Crippen LogP contribution >= 0.6 is 0 Å². The molecular weight excluding hydrogens is 1100 g/mol. The largest absolute Gasteiger partial charge is 0.481 e. The van der Waals surface area contributed by atoms with Crippen LogP contribution in [0.5, 0.6) is 0 Å². The molecule has 1 aromatic heterocycles. The highest BCUT2D eigenvalue weighted by Crippen LogP contribution is 2.12. The number of carboxylic acids is 2. The Kier molecular flexibility index (Phi) is 33.1. The molecule has 9 atom stereocenters. The van der Waals surface area contributed by atoms with Gasteiger partial charge in [0, 0.05) is 37.9 Å². The number of carboxylic acid groups (broad SMARTS) is 2. The van der Waals surface area contributed by atoms with Gasteiger partial charge in [0.25, 0.3) is 0 Å². The molecule has 1 rings (SSSR count). The summed E-state index contributed by atoms with van der Waals surface area (Å²) < 4.78 is 0. The fraction of sp³-hybridized carbons (Fsp3) is 0.660. The minimum absolute atomic E-state index is 0.0185. The van der Waals surface area contributed by atoms with Crippen molar-refractivity contribution in [3.05, 3.63) is 18.2 Å². The molecular formula is C50H89N21O13. The van der Waals surface area contributed by atoms with E-state index in [1.54, 1.807) is 41.5 Å². The fourth-order valence-corrected chi connectivity index (χ4v) is 7.88. The van der Waals surface area contributed by atoms with Gasteiger partial charge in [0.15, 0.2) is 17.9 Å². The zero-order valence-corrected chi connectivity index (χ0v) is 48.7. The molecule has 1 heterocycles. The monoisotopic (exact) mass is 1190 g/mol. The van der Waals surface area contributed by atoms with Crippen LogP contribution in [0, 0.1) is 17.8 Å². The van der Waals surface area contributed by atoms with E-state index in [2.05, 4.69) is 72.8 Å². The maximum Gasteiger partial charge on any atom is 0.326 e. The topological polar surface area (TPSA) is 584 Å². The van der Waals surface area contributed by atoms with E-state index in [1.807, 2.05) is 0 Å². The van der Waals surface area contributed by atoms with Crippen molar-refractivity contribution in [3.63, 3.8) is 0 Å². The van der Waals surface area contributed by atoms with Crippen LogP contribution in [0.1, 0.15) is 112 Å². The Balaban J connectivity index is 3.31. The number of carbonyl (C=O) groups is 11. The average Bonchev–Trinajstić information content (AvgIpc) is 4.06.